The molecule has 8 nitrogen and oxygen atoms in total. The lowest BCUT2D eigenvalue weighted by atomic mass is 10.0. The molecule has 2 aromatic rings. The standard InChI is InChI=1S/C19H20N2O6/c1-25-13-8-12(9-14(10-13)26-2)15-11-16(17-4-3-7-27-17)21(20-15)18(22)5-6-19(23)24/h3-4,7-10,16H,5-6,11H2,1-2H3,(H,23,24)/t16-/m1/s1. The molecule has 0 spiro atoms. The summed E-state index contributed by atoms with van der Waals surface area (Å²) in [6, 6.07) is 8.46. The highest BCUT2D eigenvalue weighted by atomic mass is 16.5. The number of hydrogen-bond acceptors (Lipinski definition) is 6. The van der Waals surface area contributed by atoms with Crippen molar-refractivity contribution < 1.29 is 28.6 Å². The third kappa shape index (κ3) is 4.11. The molecule has 0 bridgehead atoms. The van der Waals surface area contributed by atoms with Crippen LogP contribution >= 0.6 is 0 Å². The molecule has 0 saturated carbocycles. The third-order valence-electron chi connectivity index (χ3n) is 4.27. The van der Waals surface area contributed by atoms with E-state index in [1.165, 1.54) is 11.3 Å². The zero-order valence-electron chi connectivity index (χ0n) is 15.0. The lowest BCUT2D eigenvalue weighted by Crippen LogP contribution is -2.27. The van der Waals surface area contributed by atoms with Gasteiger partial charge in [-0.25, -0.2) is 5.01 Å². The Balaban J connectivity index is 1.93. The van der Waals surface area contributed by atoms with E-state index in [1.807, 2.05) is 12.1 Å². The van der Waals surface area contributed by atoms with Crippen molar-refractivity contribution in [2.24, 2.45) is 5.10 Å². The van der Waals surface area contributed by atoms with E-state index in [1.54, 1.807) is 32.4 Å². The normalized spacial score (nSPS) is 16.1. The van der Waals surface area contributed by atoms with E-state index < -0.39 is 12.0 Å². The molecular weight excluding hydrogens is 352 g/mol. The minimum absolute atomic E-state index is 0.134. The van der Waals surface area contributed by atoms with Crippen LogP contribution < -0.4 is 9.47 Å². The zero-order chi connectivity index (χ0) is 19.4. The molecule has 3 rings (SSSR count). The van der Waals surface area contributed by atoms with E-state index in [9.17, 15) is 9.59 Å². The van der Waals surface area contributed by atoms with Crippen molar-refractivity contribution in [2.75, 3.05) is 14.2 Å². The van der Waals surface area contributed by atoms with Crippen molar-refractivity contribution in [3.8, 4) is 11.5 Å². The largest absolute Gasteiger partial charge is 0.497 e. The molecule has 0 radical (unpaired) electrons. The highest BCUT2D eigenvalue weighted by molar-refractivity contribution is 6.03. The van der Waals surface area contributed by atoms with E-state index in [4.69, 9.17) is 19.0 Å². The summed E-state index contributed by atoms with van der Waals surface area (Å²) in [5.74, 6) is 0.407. The molecule has 0 fully saturated rings. The van der Waals surface area contributed by atoms with Crippen LogP contribution in [0.25, 0.3) is 0 Å². The predicted molar refractivity (Wildman–Crippen MR) is 95.9 cm³/mol. The quantitative estimate of drug-likeness (QED) is 0.802. The van der Waals surface area contributed by atoms with Crippen LogP contribution in [0.3, 0.4) is 0 Å². The Bertz CT molecular complexity index is 837. The van der Waals surface area contributed by atoms with Gasteiger partial charge in [0.25, 0.3) is 0 Å². The number of aliphatic carboxylic acids is 1. The molecule has 27 heavy (non-hydrogen) atoms. The fourth-order valence-corrected chi connectivity index (χ4v) is 2.92. The second-order valence-electron chi connectivity index (χ2n) is 6.02. The SMILES string of the molecule is COc1cc(OC)cc(C2=NN(C(=O)CCC(=O)O)[C@@H](c3ccco3)C2)c1. The lowest BCUT2D eigenvalue weighted by Gasteiger charge is -2.19. The molecule has 0 saturated heterocycles. The summed E-state index contributed by atoms with van der Waals surface area (Å²) in [7, 11) is 3.12. The number of hydrogen-bond donors (Lipinski definition) is 1. The molecule has 0 aliphatic carbocycles. The monoisotopic (exact) mass is 372 g/mol. The summed E-state index contributed by atoms with van der Waals surface area (Å²) in [5.41, 5.74) is 1.42. The van der Waals surface area contributed by atoms with Crippen LogP contribution in [0.4, 0.5) is 0 Å². The van der Waals surface area contributed by atoms with Crippen molar-refractivity contribution in [1.82, 2.24) is 5.01 Å². The molecule has 1 aromatic heterocycles. The second-order valence-corrected chi connectivity index (χ2v) is 6.02. The van der Waals surface area contributed by atoms with Gasteiger partial charge in [0.2, 0.25) is 5.91 Å². The maximum atomic E-state index is 12.5. The van der Waals surface area contributed by atoms with Gasteiger partial charge in [-0.1, -0.05) is 0 Å². The van der Waals surface area contributed by atoms with Gasteiger partial charge in [-0.05, 0) is 24.3 Å². The number of carbonyl (C=O) groups is 2. The number of methoxy groups -OCH3 is 2. The van der Waals surface area contributed by atoms with E-state index in [2.05, 4.69) is 5.10 Å². The first kappa shape index (κ1) is 18.5. The van der Waals surface area contributed by atoms with Gasteiger partial charge in [-0.3, -0.25) is 9.59 Å². The van der Waals surface area contributed by atoms with E-state index in [0.29, 0.717) is 29.4 Å². The van der Waals surface area contributed by atoms with Gasteiger partial charge < -0.3 is 19.0 Å². The van der Waals surface area contributed by atoms with Crippen LogP contribution in [0, 0.1) is 0 Å². The minimum Gasteiger partial charge on any atom is -0.497 e. The Morgan fingerprint density at radius 1 is 1.22 bits per heavy atom. The van der Waals surface area contributed by atoms with Crippen LogP contribution in [0.1, 0.15) is 36.6 Å². The Kier molecular flexibility index (Phi) is 5.44. The lowest BCUT2D eigenvalue weighted by molar-refractivity contribution is -0.141. The van der Waals surface area contributed by atoms with Gasteiger partial charge >= 0.3 is 5.97 Å². The van der Waals surface area contributed by atoms with Crippen molar-refractivity contribution >= 4 is 17.6 Å². The summed E-state index contributed by atoms with van der Waals surface area (Å²) in [6.07, 6.45) is 1.58. The Labute approximate surface area is 156 Å². The summed E-state index contributed by atoms with van der Waals surface area (Å²) in [5, 5.41) is 14.6. The Morgan fingerprint density at radius 2 is 1.93 bits per heavy atom. The number of furan rings is 1. The maximum absolute atomic E-state index is 12.5. The van der Waals surface area contributed by atoms with E-state index >= 15 is 0 Å². The fraction of sp³-hybridized carbons (Fsp3) is 0.316. The van der Waals surface area contributed by atoms with Crippen molar-refractivity contribution in [2.45, 2.75) is 25.3 Å². The van der Waals surface area contributed by atoms with Crippen LogP contribution in [0.2, 0.25) is 0 Å². The number of amides is 1. The number of rotatable bonds is 7. The summed E-state index contributed by atoms with van der Waals surface area (Å²) >= 11 is 0. The zero-order valence-corrected chi connectivity index (χ0v) is 15.0. The van der Waals surface area contributed by atoms with Crippen LogP contribution in [0.5, 0.6) is 11.5 Å². The van der Waals surface area contributed by atoms with E-state index in [-0.39, 0.29) is 18.7 Å². The summed E-state index contributed by atoms with van der Waals surface area (Å²) in [6.45, 7) is 0. The number of nitrogens with zero attached hydrogens (tertiary/aromatic N) is 2. The van der Waals surface area contributed by atoms with Gasteiger partial charge in [-0.2, -0.15) is 5.10 Å². The van der Waals surface area contributed by atoms with Gasteiger partial charge in [0.1, 0.15) is 23.3 Å². The molecular formula is C19H20N2O6. The van der Waals surface area contributed by atoms with Crippen molar-refractivity contribution in [3.05, 3.63) is 47.9 Å². The number of benzene rings is 1. The first-order valence-electron chi connectivity index (χ1n) is 8.40. The molecule has 1 aliphatic heterocycles. The molecule has 1 amide bonds. The average Bonchev–Trinajstić information content (AvgIpc) is 3.34. The number of carbonyl (C=O) groups excluding carboxylic acids is 1. The third-order valence-corrected chi connectivity index (χ3v) is 4.27. The fourth-order valence-electron chi connectivity index (χ4n) is 2.92. The van der Waals surface area contributed by atoms with Crippen LogP contribution in [-0.4, -0.2) is 41.9 Å². The molecule has 8 heteroatoms. The molecule has 0 unspecified atom stereocenters. The number of carboxylic acids is 1. The molecule has 2 heterocycles. The summed E-state index contributed by atoms with van der Waals surface area (Å²) < 4.78 is 16.1. The first-order chi connectivity index (χ1) is 13.0. The molecule has 1 atom stereocenters. The van der Waals surface area contributed by atoms with Gasteiger partial charge in [0.15, 0.2) is 0 Å². The minimum atomic E-state index is -1.03. The smallest absolute Gasteiger partial charge is 0.303 e. The Hall–Kier alpha value is -3.29. The van der Waals surface area contributed by atoms with Crippen molar-refractivity contribution in [3.63, 3.8) is 0 Å². The Morgan fingerprint density at radius 3 is 2.48 bits per heavy atom. The summed E-state index contributed by atoms with van der Waals surface area (Å²) in [4.78, 5) is 23.3. The average molecular weight is 372 g/mol. The highest BCUT2D eigenvalue weighted by Crippen LogP contribution is 2.35. The maximum Gasteiger partial charge on any atom is 0.303 e. The molecule has 142 valence electrons. The molecule has 1 aliphatic rings. The van der Waals surface area contributed by atoms with Crippen LogP contribution in [-0.2, 0) is 9.59 Å². The number of carboxylic acid groups (broad SMARTS) is 1. The topological polar surface area (TPSA) is 102 Å². The van der Waals surface area contributed by atoms with Gasteiger partial charge in [0, 0.05) is 24.5 Å². The van der Waals surface area contributed by atoms with Gasteiger partial charge in [0.05, 0.1) is 32.6 Å². The van der Waals surface area contributed by atoms with Crippen molar-refractivity contribution in [1.29, 1.82) is 0 Å². The van der Waals surface area contributed by atoms with Gasteiger partial charge in [-0.15, -0.1) is 0 Å². The van der Waals surface area contributed by atoms with E-state index in [0.717, 1.165) is 5.56 Å². The predicted octanol–water partition coefficient (Wildman–Crippen LogP) is 2.84. The second kappa shape index (κ2) is 7.94. The molecule has 1 N–H and O–H groups in total. The first-order valence-corrected chi connectivity index (χ1v) is 8.40. The highest BCUT2D eigenvalue weighted by Gasteiger charge is 2.35. The number of hydrazone groups is 1. The number of ether oxygens (including phenoxy) is 2. The van der Waals surface area contributed by atoms with Crippen LogP contribution in [0.15, 0.2) is 46.1 Å². The molecule has 1 aromatic carbocycles.